The number of anilines is 1. The molecule has 0 saturated carbocycles. The summed E-state index contributed by atoms with van der Waals surface area (Å²) in [5, 5.41) is 20.0. The Morgan fingerprint density at radius 3 is 2.33 bits per heavy atom. The summed E-state index contributed by atoms with van der Waals surface area (Å²) < 4.78 is 39.6. The first kappa shape index (κ1) is 43.9. The number of piperazine rings is 1. The van der Waals surface area contributed by atoms with E-state index in [0.29, 0.717) is 29.4 Å². The number of ether oxygens (including phenoxy) is 2. The number of carbonyl (C=O) groups is 2. The van der Waals surface area contributed by atoms with Crippen LogP contribution in [0.4, 0.5) is 19.4 Å². The van der Waals surface area contributed by atoms with Crippen LogP contribution in [0, 0.1) is 23.1 Å². The van der Waals surface area contributed by atoms with E-state index < -0.39 is 48.1 Å². The first-order chi connectivity index (χ1) is 29.4. The number of alkyl halides is 1. The zero-order chi connectivity index (χ0) is 43.1. The van der Waals surface area contributed by atoms with Crippen molar-refractivity contribution in [1.29, 1.82) is 0 Å². The molecule has 2 bridgehead atoms. The summed E-state index contributed by atoms with van der Waals surface area (Å²) in [6, 6.07) is 19.1. The van der Waals surface area contributed by atoms with Gasteiger partial charge in [-0.3, -0.25) is 19.1 Å². The zero-order valence-electron chi connectivity index (χ0n) is 34.5. The molecule has 2 aromatic carbocycles. The number of alkyl carbamates (subject to hydrolysis) is 1. The number of carbonyl (C=O) groups excluding carboxylic acids is 2. The maximum Gasteiger partial charge on any atom is 0.407 e. The summed E-state index contributed by atoms with van der Waals surface area (Å²) in [6.07, 6.45) is 3.88. The third-order valence-corrected chi connectivity index (χ3v) is 12.1. The molecule has 7 rings (SSSR count). The van der Waals surface area contributed by atoms with Crippen molar-refractivity contribution in [3.63, 3.8) is 0 Å². The zero-order valence-corrected chi connectivity index (χ0v) is 35.3. The van der Waals surface area contributed by atoms with E-state index in [0.717, 1.165) is 55.9 Å². The molecule has 61 heavy (non-hydrogen) atoms. The van der Waals surface area contributed by atoms with Crippen LogP contribution in [0.5, 0.6) is 0 Å². The number of aliphatic hydroxyl groups is 1. The second-order valence-corrected chi connectivity index (χ2v) is 17.0. The molecule has 3 saturated heterocycles. The van der Waals surface area contributed by atoms with Gasteiger partial charge in [0.1, 0.15) is 17.7 Å². The van der Waals surface area contributed by atoms with E-state index in [2.05, 4.69) is 42.6 Å². The number of nitrogens with one attached hydrogen (secondary N) is 3. The van der Waals surface area contributed by atoms with Crippen molar-refractivity contribution in [1.82, 2.24) is 30.8 Å². The highest BCUT2D eigenvalue weighted by atomic mass is 35.5. The van der Waals surface area contributed by atoms with E-state index in [1.54, 1.807) is 36.7 Å². The Hall–Kier alpha value is -5.17. The molecule has 15 heteroatoms. The smallest absolute Gasteiger partial charge is 0.407 e. The van der Waals surface area contributed by atoms with Gasteiger partial charge < -0.3 is 35.4 Å². The maximum absolute atomic E-state index is 15.3. The van der Waals surface area contributed by atoms with Gasteiger partial charge in [0.2, 0.25) is 5.91 Å². The van der Waals surface area contributed by atoms with Crippen LogP contribution in [0.2, 0.25) is 5.02 Å². The Morgan fingerprint density at radius 2 is 1.72 bits per heavy atom. The molecule has 2 unspecified atom stereocenters. The summed E-state index contributed by atoms with van der Waals surface area (Å²) in [6.45, 7) is 5.59. The number of hydrogen-bond acceptors (Lipinski definition) is 10. The van der Waals surface area contributed by atoms with Gasteiger partial charge in [0.15, 0.2) is 0 Å². The van der Waals surface area contributed by atoms with Gasteiger partial charge in [0.25, 0.3) is 0 Å². The number of benzene rings is 2. The molecule has 5 heterocycles. The summed E-state index contributed by atoms with van der Waals surface area (Å²) in [4.78, 5) is 40.0. The standard InChI is InChI=1S/C46H52ClF2N7O5/c1-46(2,28-48)43(54-45(59)60-3)44(58)53-40(41(57)23-50-22-36-37(47)19-32(20-38(36)49)39-6-4-5-17-51-39)18-30-10-7-29(8-11-30)9-12-31-13-16-42(52-21-31)55-24-33-14-15-34(25-55)56(33)35-26-61-27-35/h4-8,10-11,13,16-17,19-21,33-35,40-41,43,50,57H,14-15,18,22-28H2,1-3H3,(H,53,58)(H,54,59)/t33?,34?,40-,41-,43+/m0/s1. The fourth-order valence-corrected chi connectivity index (χ4v) is 8.52. The van der Waals surface area contributed by atoms with E-state index in [9.17, 15) is 19.1 Å². The van der Waals surface area contributed by atoms with Gasteiger partial charge in [0, 0.05) is 83.3 Å². The van der Waals surface area contributed by atoms with Crippen LogP contribution in [0.25, 0.3) is 11.3 Å². The van der Waals surface area contributed by atoms with Crippen molar-refractivity contribution in [3.05, 3.63) is 112 Å². The van der Waals surface area contributed by atoms with Crippen molar-refractivity contribution in [2.24, 2.45) is 5.41 Å². The highest BCUT2D eigenvalue weighted by Gasteiger charge is 2.45. The lowest BCUT2D eigenvalue weighted by atomic mass is 9.85. The van der Waals surface area contributed by atoms with E-state index in [1.807, 2.05) is 36.4 Å². The number of methoxy groups -OCH3 is 1. The molecule has 5 atom stereocenters. The second kappa shape index (κ2) is 19.7. The van der Waals surface area contributed by atoms with Gasteiger partial charge >= 0.3 is 6.09 Å². The molecular weight excluding hydrogens is 804 g/mol. The Morgan fingerprint density at radius 1 is 1.00 bits per heavy atom. The summed E-state index contributed by atoms with van der Waals surface area (Å²) in [5.41, 5.74) is 2.29. The molecule has 3 fully saturated rings. The third kappa shape index (κ3) is 10.7. The lowest BCUT2D eigenvalue weighted by Gasteiger charge is -2.47. The number of nitrogens with zero attached hydrogens (tertiary/aromatic N) is 4. The molecule has 3 aliphatic rings. The third-order valence-electron chi connectivity index (χ3n) is 11.8. The number of halogens is 3. The molecule has 0 aliphatic carbocycles. The Labute approximate surface area is 360 Å². The van der Waals surface area contributed by atoms with Crippen molar-refractivity contribution >= 4 is 29.4 Å². The molecule has 3 aliphatic heterocycles. The predicted molar refractivity (Wildman–Crippen MR) is 229 cm³/mol. The number of aliphatic hydroxyl groups excluding tert-OH is 1. The van der Waals surface area contributed by atoms with Crippen LogP contribution in [0.15, 0.2) is 79.1 Å². The molecule has 322 valence electrons. The van der Waals surface area contributed by atoms with Gasteiger partial charge in [0.05, 0.1) is 50.9 Å². The fraction of sp³-hybridized carbons (Fsp3) is 0.435. The largest absolute Gasteiger partial charge is 0.453 e. The van der Waals surface area contributed by atoms with Crippen LogP contribution in [-0.2, 0) is 27.2 Å². The van der Waals surface area contributed by atoms with Crippen molar-refractivity contribution < 1.29 is 33.0 Å². The number of pyridine rings is 2. The van der Waals surface area contributed by atoms with Gasteiger partial charge in [-0.25, -0.2) is 14.2 Å². The molecule has 4 aromatic rings. The number of hydrogen-bond donors (Lipinski definition) is 4. The van der Waals surface area contributed by atoms with E-state index in [4.69, 9.17) is 26.1 Å². The average Bonchev–Trinajstić information content (AvgIpc) is 3.48. The van der Waals surface area contributed by atoms with E-state index in [1.165, 1.54) is 32.8 Å². The van der Waals surface area contributed by atoms with Gasteiger partial charge in [-0.15, -0.1) is 0 Å². The number of rotatable bonds is 15. The van der Waals surface area contributed by atoms with Crippen LogP contribution >= 0.6 is 11.6 Å². The predicted octanol–water partition coefficient (Wildman–Crippen LogP) is 5.29. The Balaban J connectivity index is 1.01. The van der Waals surface area contributed by atoms with Crippen molar-refractivity contribution in [2.45, 2.75) is 76.0 Å². The molecular formula is C46H52ClF2N7O5. The van der Waals surface area contributed by atoms with Crippen LogP contribution in [-0.4, -0.2) is 115 Å². The molecule has 2 aromatic heterocycles. The molecule has 12 nitrogen and oxygen atoms in total. The summed E-state index contributed by atoms with van der Waals surface area (Å²) in [5.74, 6) is 6.10. The van der Waals surface area contributed by atoms with Crippen LogP contribution in [0.3, 0.4) is 0 Å². The maximum atomic E-state index is 15.3. The highest BCUT2D eigenvalue weighted by Crippen LogP contribution is 2.35. The second-order valence-electron chi connectivity index (χ2n) is 16.6. The molecule has 4 N–H and O–H groups in total. The number of aromatic nitrogens is 2. The average molecular weight is 856 g/mol. The van der Waals surface area contributed by atoms with E-state index >= 15 is 4.39 Å². The quantitative estimate of drug-likeness (QED) is 0.117. The first-order valence-electron chi connectivity index (χ1n) is 20.6. The van der Waals surface area contributed by atoms with Crippen molar-refractivity contribution in [3.8, 4) is 23.1 Å². The minimum Gasteiger partial charge on any atom is -0.453 e. The SMILES string of the molecule is COC(=O)N[C@H](C(=O)N[C@@H](Cc1ccc(C#Cc2ccc(N3CC4CCC(C3)N4C3COC3)nc2)cc1)[C@@H](O)CNCc1c(F)cc(-c2ccccn2)cc1Cl)C(C)(C)CF. The Bertz CT molecular complexity index is 2160. The van der Waals surface area contributed by atoms with Crippen LogP contribution < -0.4 is 20.9 Å². The molecule has 0 radical (unpaired) electrons. The minimum atomic E-state index is -1.33. The van der Waals surface area contributed by atoms with Gasteiger partial charge in [-0.05, 0) is 73.4 Å². The van der Waals surface area contributed by atoms with Gasteiger partial charge in [-0.2, -0.15) is 0 Å². The molecule has 0 spiro atoms. The summed E-state index contributed by atoms with van der Waals surface area (Å²) in [7, 11) is 1.14. The fourth-order valence-electron chi connectivity index (χ4n) is 8.24. The normalized spacial score (nSPS) is 19.2. The van der Waals surface area contributed by atoms with Gasteiger partial charge in [-0.1, -0.05) is 55.5 Å². The summed E-state index contributed by atoms with van der Waals surface area (Å²) >= 11 is 6.50. The number of amides is 2. The molecule has 2 amide bonds. The minimum absolute atomic E-state index is 0.0214. The van der Waals surface area contributed by atoms with Crippen LogP contribution in [0.1, 0.15) is 48.9 Å². The highest BCUT2D eigenvalue weighted by molar-refractivity contribution is 6.31. The lowest BCUT2D eigenvalue weighted by Crippen LogP contribution is -2.62. The number of fused-ring (bicyclic) bond motifs is 2. The van der Waals surface area contributed by atoms with E-state index in [-0.39, 0.29) is 30.1 Å². The Kier molecular flexibility index (Phi) is 14.2. The topological polar surface area (TPSA) is 141 Å². The lowest BCUT2D eigenvalue weighted by molar-refractivity contribution is -0.127. The first-order valence-corrected chi connectivity index (χ1v) is 21.0. The van der Waals surface area contributed by atoms with Crippen molar-refractivity contribution in [2.75, 3.05) is 51.5 Å². The monoisotopic (exact) mass is 855 g/mol.